The summed E-state index contributed by atoms with van der Waals surface area (Å²) in [6.45, 7) is 0. The highest BCUT2D eigenvalue weighted by Gasteiger charge is 2.44. The fourth-order valence-electron chi connectivity index (χ4n) is 1.98. The molecule has 0 radical (unpaired) electrons. The van der Waals surface area contributed by atoms with Crippen LogP contribution in [0.25, 0.3) is 0 Å². The number of halogens is 10. The van der Waals surface area contributed by atoms with E-state index in [1.807, 2.05) is 0 Å². The summed E-state index contributed by atoms with van der Waals surface area (Å²) in [6, 6.07) is 1.20. The summed E-state index contributed by atoms with van der Waals surface area (Å²) < 4.78 is 126. The topological polar surface area (TPSA) is 35.5 Å². The molecule has 164 valence electrons. The van der Waals surface area contributed by atoms with Gasteiger partial charge in [0, 0.05) is 0 Å². The lowest BCUT2D eigenvalue weighted by Crippen LogP contribution is -2.33. The molecule has 2 aromatic carbocycles. The van der Waals surface area contributed by atoms with Crippen molar-refractivity contribution in [3.05, 3.63) is 51.8 Å². The minimum atomic E-state index is -4.91. The van der Waals surface area contributed by atoms with Crippen LogP contribution in [-0.2, 0) is 0 Å². The van der Waals surface area contributed by atoms with Crippen LogP contribution in [0, 0.1) is 29.1 Å². The number of hydrogen-bond donors (Lipinski definition) is 0. The molecule has 14 heteroatoms. The maximum absolute atomic E-state index is 13.6. The van der Waals surface area contributed by atoms with Gasteiger partial charge in [0.15, 0.2) is 0 Å². The second-order valence-corrected chi connectivity index (χ2v) is 6.41. The normalized spacial score (nSPS) is 11.7. The summed E-state index contributed by atoms with van der Waals surface area (Å²) in [4.78, 5) is 11.7. The molecular weight excluding hydrogens is 479 g/mol. The van der Waals surface area contributed by atoms with E-state index in [9.17, 15) is 44.3 Å². The smallest absolute Gasteiger partial charge is 0.427 e. The van der Waals surface area contributed by atoms with Gasteiger partial charge in [-0.2, -0.15) is 26.3 Å². The molecule has 0 bridgehead atoms. The first-order chi connectivity index (χ1) is 13.8. The van der Waals surface area contributed by atoms with Crippen molar-refractivity contribution in [3.8, 4) is 11.5 Å². The van der Waals surface area contributed by atoms with Gasteiger partial charge in [0.2, 0.25) is 34.8 Å². The molecule has 0 aliphatic rings. The number of rotatable bonds is 6. The first kappa shape index (κ1) is 24.0. The van der Waals surface area contributed by atoms with E-state index in [1.165, 1.54) is 6.26 Å². The van der Waals surface area contributed by atoms with Crippen molar-refractivity contribution in [2.45, 2.75) is 17.4 Å². The number of carbonyl (C=O) groups is 1. The van der Waals surface area contributed by atoms with Crippen LogP contribution < -0.4 is 9.47 Å². The van der Waals surface area contributed by atoms with Gasteiger partial charge in [-0.05, 0) is 18.4 Å². The van der Waals surface area contributed by atoms with Gasteiger partial charge in [0.1, 0.15) is 5.75 Å². The molecule has 2 aromatic rings. The molecule has 0 aliphatic heterocycles. The van der Waals surface area contributed by atoms with Gasteiger partial charge < -0.3 is 9.47 Å². The lowest BCUT2D eigenvalue weighted by atomic mass is 10.2. The molecule has 0 heterocycles. The van der Waals surface area contributed by atoms with Crippen LogP contribution in [0.2, 0.25) is 5.02 Å². The van der Waals surface area contributed by atoms with Gasteiger partial charge in [-0.25, -0.2) is 18.0 Å². The Balaban J connectivity index is 2.46. The van der Waals surface area contributed by atoms with Gasteiger partial charge in [0.25, 0.3) is 0 Å². The molecule has 30 heavy (non-hydrogen) atoms. The third-order valence-electron chi connectivity index (χ3n) is 3.35. The SMILES string of the molecule is CSc1c(OC(F)(F)C(F)F)ccc(C(=O)Oc2c(F)c(F)c(F)c(F)c2F)c1Cl. The Morgan fingerprint density at radius 2 is 1.50 bits per heavy atom. The third-order valence-corrected chi connectivity index (χ3v) is 4.67. The zero-order chi connectivity index (χ0) is 23.0. The van der Waals surface area contributed by atoms with Crippen molar-refractivity contribution in [2.75, 3.05) is 6.26 Å². The van der Waals surface area contributed by atoms with Crippen molar-refractivity contribution in [1.29, 1.82) is 0 Å². The number of hydrogen-bond acceptors (Lipinski definition) is 4. The van der Waals surface area contributed by atoms with Crippen molar-refractivity contribution in [2.24, 2.45) is 0 Å². The van der Waals surface area contributed by atoms with Gasteiger partial charge in [-0.3, -0.25) is 0 Å². The predicted molar refractivity (Wildman–Crippen MR) is 86.0 cm³/mol. The Bertz CT molecular complexity index is 972. The molecule has 0 fully saturated rings. The van der Waals surface area contributed by atoms with Crippen molar-refractivity contribution in [1.82, 2.24) is 0 Å². The van der Waals surface area contributed by atoms with Crippen LogP contribution in [0.3, 0.4) is 0 Å². The van der Waals surface area contributed by atoms with E-state index < -0.39 is 74.6 Å². The van der Waals surface area contributed by atoms with E-state index in [4.69, 9.17) is 11.6 Å². The second-order valence-electron chi connectivity index (χ2n) is 5.21. The molecule has 0 unspecified atom stereocenters. The van der Waals surface area contributed by atoms with Gasteiger partial charge in [0.05, 0.1) is 15.5 Å². The molecule has 0 atom stereocenters. The van der Waals surface area contributed by atoms with E-state index in [1.54, 1.807) is 0 Å². The lowest BCUT2D eigenvalue weighted by Gasteiger charge is -2.20. The zero-order valence-corrected chi connectivity index (χ0v) is 15.7. The predicted octanol–water partition coefficient (Wildman–Crippen LogP) is 6.21. The number of carbonyl (C=O) groups excluding carboxylic acids is 1. The molecule has 0 saturated carbocycles. The zero-order valence-electron chi connectivity index (χ0n) is 14.1. The average Bonchev–Trinajstić information content (AvgIpc) is 2.68. The molecule has 0 N–H and O–H groups in total. The van der Waals surface area contributed by atoms with E-state index in [-0.39, 0.29) is 0 Å². The highest BCUT2D eigenvalue weighted by Crippen LogP contribution is 2.41. The molecule has 0 saturated heterocycles. The number of alkyl halides is 4. The summed E-state index contributed by atoms with van der Waals surface area (Å²) in [5, 5.41) is -0.723. The first-order valence-corrected chi connectivity index (χ1v) is 8.88. The van der Waals surface area contributed by atoms with E-state index in [2.05, 4.69) is 9.47 Å². The maximum atomic E-state index is 13.6. The summed E-state index contributed by atoms with van der Waals surface area (Å²) in [5.74, 6) is -16.7. The molecular formula is C16H6ClF9O3S. The number of ether oxygens (including phenoxy) is 2. The van der Waals surface area contributed by atoms with Crippen LogP contribution in [0.1, 0.15) is 10.4 Å². The van der Waals surface area contributed by atoms with Crippen molar-refractivity contribution < 1.29 is 53.8 Å². The largest absolute Gasteiger partial charge is 0.461 e. The summed E-state index contributed by atoms with van der Waals surface area (Å²) in [6.07, 6.45) is -7.89. The van der Waals surface area contributed by atoms with Crippen LogP contribution in [0.4, 0.5) is 39.5 Å². The monoisotopic (exact) mass is 484 g/mol. The average molecular weight is 485 g/mol. The van der Waals surface area contributed by atoms with Crippen LogP contribution in [0.5, 0.6) is 11.5 Å². The van der Waals surface area contributed by atoms with Crippen LogP contribution in [-0.4, -0.2) is 24.8 Å². The van der Waals surface area contributed by atoms with Gasteiger partial charge in [-0.15, -0.1) is 11.8 Å². The number of benzene rings is 2. The quantitative estimate of drug-likeness (QED) is 0.122. The van der Waals surface area contributed by atoms with Gasteiger partial charge >= 0.3 is 18.5 Å². The minimum absolute atomic E-state index is 0.469. The highest BCUT2D eigenvalue weighted by molar-refractivity contribution is 7.98. The molecule has 2 rings (SSSR count). The van der Waals surface area contributed by atoms with Crippen molar-refractivity contribution >= 4 is 29.3 Å². The minimum Gasteiger partial charge on any atom is -0.427 e. The Labute approximate surface area is 170 Å². The first-order valence-electron chi connectivity index (χ1n) is 7.28. The van der Waals surface area contributed by atoms with Crippen LogP contribution in [0.15, 0.2) is 17.0 Å². The number of thioether (sulfide) groups is 1. The van der Waals surface area contributed by atoms with E-state index in [0.29, 0.717) is 23.9 Å². The lowest BCUT2D eigenvalue weighted by molar-refractivity contribution is -0.254. The molecule has 0 spiro atoms. The summed E-state index contributed by atoms with van der Waals surface area (Å²) in [5.41, 5.74) is -0.766. The Kier molecular flexibility index (Phi) is 7.07. The molecule has 3 nitrogen and oxygen atoms in total. The Hall–Kier alpha value is -2.28. The molecule has 0 aromatic heterocycles. The molecule has 0 aliphatic carbocycles. The Morgan fingerprint density at radius 3 is 1.97 bits per heavy atom. The highest BCUT2D eigenvalue weighted by atomic mass is 35.5. The van der Waals surface area contributed by atoms with E-state index >= 15 is 0 Å². The second kappa shape index (κ2) is 8.84. The number of esters is 1. The fourth-order valence-corrected chi connectivity index (χ4v) is 3.04. The van der Waals surface area contributed by atoms with Crippen molar-refractivity contribution in [3.63, 3.8) is 0 Å². The summed E-state index contributed by atoms with van der Waals surface area (Å²) in [7, 11) is 0. The Morgan fingerprint density at radius 1 is 1.00 bits per heavy atom. The van der Waals surface area contributed by atoms with E-state index in [0.717, 1.165) is 0 Å². The van der Waals surface area contributed by atoms with Crippen LogP contribution >= 0.6 is 23.4 Å². The molecule has 0 amide bonds. The van der Waals surface area contributed by atoms with Gasteiger partial charge in [-0.1, -0.05) is 11.6 Å². The third kappa shape index (κ3) is 4.41. The fraction of sp³-hybridized carbons (Fsp3) is 0.188. The summed E-state index contributed by atoms with van der Waals surface area (Å²) >= 11 is 6.39. The maximum Gasteiger partial charge on any atom is 0.461 e. The standard InChI is InChI=1S/C16H6ClF9O3S/c1-30-13-5(29-16(25,26)15(23)24)3-2-4(6(13)17)14(27)28-12-10(21)8(19)7(18)9(20)11(12)22/h2-3,15H,1H3.